The molecule has 1 aromatic rings. The van der Waals surface area contributed by atoms with Crippen LogP contribution in [0.15, 0.2) is 18.7 Å². The van der Waals surface area contributed by atoms with Gasteiger partial charge in [0.15, 0.2) is 0 Å². The van der Waals surface area contributed by atoms with Crippen LogP contribution in [0.5, 0.6) is 0 Å². The maximum absolute atomic E-state index is 5.84. The van der Waals surface area contributed by atoms with E-state index in [-0.39, 0.29) is 11.1 Å². The summed E-state index contributed by atoms with van der Waals surface area (Å²) in [6.45, 7) is 11.6. The SMILES string of the molecule is CCC(C)(CCOC(C)(C)C)n1cc[n+](C)c1. The lowest BCUT2D eigenvalue weighted by molar-refractivity contribution is -0.671. The summed E-state index contributed by atoms with van der Waals surface area (Å²) >= 11 is 0. The van der Waals surface area contributed by atoms with Gasteiger partial charge in [0.05, 0.1) is 19.3 Å². The second-order valence-corrected chi connectivity index (χ2v) is 6.05. The molecule has 1 rings (SSSR count). The third-order valence-electron chi connectivity index (χ3n) is 3.33. The highest BCUT2D eigenvalue weighted by Crippen LogP contribution is 2.24. The molecule has 0 aliphatic carbocycles. The zero-order chi connectivity index (χ0) is 13.1. The number of imidazole rings is 1. The van der Waals surface area contributed by atoms with Crippen molar-refractivity contribution in [2.75, 3.05) is 6.61 Å². The van der Waals surface area contributed by atoms with Crippen molar-refractivity contribution in [1.29, 1.82) is 0 Å². The van der Waals surface area contributed by atoms with Gasteiger partial charge < -0.3 is 4.74 Å². The third kappa shape index (κ3) is 4.15. The summed E-state index contributed by atoms with van der Waals surface area (Å²) in [6, 6.07) is 0. The van der Waals surface area contributed by atoms with Gasteiger partial charge in [-0.05, 0) is 34.1 Å². The fourth-order valence-corrected chi connectivity index (χ4v) is 1.84. The van der Waals surface area contributed by atoms with Gasteiger partial charge in [-0.1, -0.05) is 6.92 Å². The van der Waals surface area contributed by atoms with Gasteiger partial charge in [-0.2, -0.15) is 0 Å². The third-order valence-corrected chi connectivity index (χ3v) is 3.33. The Hall–Kier alpha value is -0.830. The smallest absolute Gasteiger partial charge is 0.243 e. The molecular formula is C14H27N2O+. The monoisotopic (exact) mass is 239 g/mol. The first kappa shape index (κ1) is 14.2. The first-order valence-electron chi connectivity index (χ1n) is 6.44. The van der Waals surface area contributed by atoms with Gasteiger partial charge in [-0.25, -0.2) is 9.13 Å². The van der Waals surface area contributed by atoms with Crippen molar-refractivity contribution >= 4 is 0 Å². The maximum atomic E-state index is 5.84. The van der Waals surface area contributed by atoms with Crippen LogP contribution in [0.1, 0.15) is 47.5 Å². The number of nitrogens with zero attached hydrogens (tertiary/aromatic N) is 2. The molecular weight excluding hydrogens is 212 g/mol. The van der Waals surface area contributed by atoms with E-state index in [2.05, 4.69) is 69.5 Å². The summed E-state index contributed by atoms with van der Waals surface area (Å²) in [6.07, 6.45) is 8.50. The molecule has 0 saturated carbocycles. The summed E-state index contributed by atoms with van der Waals surface area (Å²) in [5, 5.41) is 0. The summed E-state index contributed by atoms with van der Waals surface area (Å²) in [4.78, 5) is 0. The molecule has 0 N–H and O–H groups in total. The number of aromatic nitrogens is 2. The molecule has 0 amide bonds. The standard InChI is InChI=1S/C14H27N2O/c1-7-14(5,8-11-17-13(2,3)4)16-10-9-15(6)12-16/h9-10,12H,7-8,11H2,1-6H3/q+1. The van der Waals surface area contributed by atoms with E-state index in [9.17, 15) is 0 Å². The molecule has 3 nitrogen and oxygen atoms in total. The molecule has 0 aromatic carbocycles. The largest absolute Gasteiger partial charge is 0.376 e. The van der Waals surface area contributed by atoms with E-state index >= 15 is 0 Å². The molecule has 1 heterocycles. The van der Waals surface area contributed by atoms with E-state index < -0.39 is 0 Å². The highest BCUT2D eigenvalue weighted by molar-refractivity contribution is 4.85. The number of ether oxygens (including phenoxy) is 1. The fourth-order valence-electron chi connectivity index (χ4n) is 1.84. The van der Waals surface area contributed by atoms with Crippen LogP contribution >= 0.6 is 0 Å². The number of hydrogen-bond donors (Lipinski definition) is 0. The van der Waals surface area contributed by atoms with Crippen molar-refractivity contribution in [3.8, 4) is 0 Å². The lowest BCUT2D eigenvalue weighted by atomic mass is 9.94. The maximum Gasteiger partial charge on any atom is 0.243 e. The van der Waals surface area contributed by atoms with Gasteiger partial charge in [0.25, 0.3) is 0 Å². The lowest BCUT2D eigenvalue weighted by Crippen LogP contribution is -2.34. The molecule has 1 unspecified atom stereocenters. The lowest BCUT2D eigenvalue weighted by Gasteiger charge is -2.27. The second kappa shape index (κ2) is 5.21. The van der Waals surface area contributed by atoms with Crippen molar-refractivity contribution in [2.45, 2.75) is 58.6 Å². The van der Waals surface area contributed by atoms with E-state index in [1.54, 1.807) is 0 Å². The van der Waals surface area contributed by atoms with Gasteiger partial charge in [0.1, 0.15) is 17.9 Å². The molecule has 0 spiro atoms. The van der Waals surface area contributed by atoms with Crippen LogP contribution in [0.2, 0.25) is 0 Å². The molecule has 0 aliphatic rings. The molecule has 98 valence electrons. The normalized spacial score (nSPS) is 15.9. The highest BCUT2D eigenvalue weighted by Gasteiger charge is 2.29. The number of aryl methyl sites for hydroxylation is 1. The Morgan fingerprint density at radius 3 is 2.29 bits per heavy atom. The summed E-state index contributed by atoms with van der Waals surface area (Å²) < 4.78 is 10.2. The molecule has 0 radical (unpaired) electrons. The fraction of sp³-hybridized carbons (Fsp3) is 0.786. The minimum atomic E-state index is -0.0456. The van der Waals surface area contributed by atoms with Gasteiger partial charge in [0, 0.05) is 6.42 Å². The van der Waals surface area contributed by atoms with E-state index in [4.69, 9.17) is 4.74 Å². The predicted molar refractivity (Wildman–Crippen MR) is 69.9 cm³/mol. The van der Waals surface area contributed by atoms with Crippen LogP contribution in [0.3, 0.4) is 0 Å². The quantitative estimate of drug-likeness (QED) is 0.722. The van der Waals surface area contributed by atoms with Crippen LogP contribution in [-0.4, -0.2) is 16.8 Å². The summed E-state index contributed by atoms with van der Waals surface area (Å²) in [5.74, 6) is 0. The topological polar surface area (TPSA) is 18.0 Å². The highest BCUT2D eigenvalue weighted by atomic mass is 16.5. The Morgan fingerprint density at radius 2 is 1.88 bits per heavy atom. The molecule has 0 aliphatic heterocycles. The molecule has 3 heteroatoms. The average Bonchev–Trinajstić information content (AvgIpc) is 2.63. The molecule has 1 aromatic heterocycles. The minimum absolute atomic E-state index is 0.0456. The van der Waals surface area contributed by atoms with Crippen LogP contribution in [-0.2, 0) is 17.3 Å². The first-order chi connectivity index (χ1) is 7.77. The van der Waals surface area contributed by atoms with Crippen LogP contribution in [0.4, 0.5) is 0 Å². The zero-order valence-electron chi connectivity index (χ0n) is 12.2. The van der Waals surface area contributed by atoms with Crippen LogP contribution < -0.4 is 4.57 Å². The predicted octanol–water partition coefficient (Wildman–Crippen LogP) is 2.64. The van der Waals surface area contributed by atoms with Gasteiger partial charge >= 0.3 is 0 Å². The Bertz CT molecular complexity index is 351. The number of hydrogen-bond acceptors (Lipinski definition) is 1. The minimum Gasteiger partial charge on any atom is -0.376 e. The van der Waals surface area contributed by atoms with Gasteiger partial charge in [0.2, 0.25) is 6.33 Å². The van der Waals surface area contributed by atoms with Crippen LogP contribution in [0, 0.1) is 0 Å². The van der Waals surface area contributed by atoms with Crippen LogP contribution in [0.25, 0.3) is 0 Å². The van der Waals surface area contributed by atoms with E-state index in [0.29, 0.717) is 0 Å². The molecule has 17 heavy (non-hydrogen) atoms. The molecule has 0 saturated heterocycles. The van der Waals surface area contributed by atoms with Gasteiger partial charge in [-0.15, -0.1) is 0 Å². The Morgan fingerprint density at radius 1 is 1.24 bits per heavy atom. The summed E-state index contributed by atoms with van der Waals surface area (Å²) in [5.41, 5.74) is 0.0997. The molecule has 0 bridgehead atoms. The zero-order valence-corrected chi connectivity index (χ0v) is 12.2. The molecule has 1 atom stereocenters. The summed E-state index contributed by atoms with van der Waals surface area (Å²) in [7, 11) is 2.05. The van der Waals surface area contributed by atoms with E-state index in [1.165, 1.54) is 0 Å². The second-order valence-electron chi connectivity index (χ2n) is 6.05. The van der Waals surface area contributed by atoms with Crippen molar-refractivity contribution < 1.29 is 9.30 Å². The first-order valence-corrected chi connectivity index (χ1v) is 6.44. The van der Waals surface area contributed by atoms with E-state index in [0.717, 1.165) is 19.4 Å². The Kier molecular flexibility index (Phi) is 4.36. The van der Waals surface area contributed by atoms with Crippen molar-refractivity contribution in [3.05, 3.63) is 18.7 Å². The van der Waals surface area contributed by atoms with Crippen molar-refractivity contribution in [3.63, 3.8) is 0 Å². The number of rotatable bonds is 5. The van der Waals surface area contributed by atoms with E-state index in [1.807, 2.05) is 0 Å². The average molecular weight is 239 g/mol. The van der Waals surface area contributed by atoms with Gasteiger partial charge in [-0.3, -0.25) is 0 Å². The van der Waals surface area contributed by atoms with Crippen molar-refractivity contribution in [2.24, 2.45) is 7.05 Å². The molecule has 0 fully saturated rings. The van der Waals surface area contributed by atoms with Crippen molar-refractivity contribution in [1.82, 2.24) is 4.57 Å². The Labute approximate surface area is 105 Å². The Balaban J connectivity index is 2.63.